The molecule has 0 spiro atoms. The highest BCUT2D eigenvalue weighted by atomic mass is 32.1. The SMILES string of the molecule is Cc1ccc2c(c1)CCCN2c1nc2c(s1)C(O)CCC2. The highest BCUT2D eigenvalue weighted by Crippen LogP contribution is 2.41. The maximum atomic E-state index is 10.2. The van der Waals surface area contributed by atoms with Crippen LogP contribution >= 0.6 is 11.3 Å². The van der Waals surface area contributed by atoms with Crippen molar-refractivity contribution in [2.75, 3.05) is 11.4 Å². The van der Waals surface area contributed by atoms with Gasteiger partial charge in [0.15, 0.2) is 5.13 Å². The predicted molar refractivity (Wildman–Crippen MR) is 86.5 cm³/mol. The van der Waals surface area contributed by atoms with Crippen LogP contribution in [0.15, 0.2) is 18.2 Å². The Morgan fingerprint density at radius 2 is 2.19 bits per heavy atom. The van der Waals surface area contributed by atoms with Gasteiger partial charge in [0, 0.05) is 12.2 Å². The summed E-state index contributed by atoms with van der Waals surface area (Å²) in [6.07, 6.45) is 4.96. The number of thiazole rings is 1. The van der Waals surface area contributed by atoms with Crippen molar-refractivity contribution in [3.05, 3.63) is 39.9 Å². The molecule has 0 amide bonds. The van der Waals surface area contributed by atoms with Crippen molar-refractivity contribution in [2.24, 2.45) is 0 Å². The fraction of sp³-hybridized carbons (Fsp3) is 0.471. The topological polar surface area (TPSA) is 36.4 Å². The first-order valence-corrected chi connectivity index (χ1v) is 8.59. The van der Waals surface area contributed by atoms with Gasteiger partial charge in [-0.15, -0.1) is 0 Å². The zero-order chi connectivity index (χ0) is 14.4. The van der Waals surface area contributed by atoms with Crippen LogP contribution in [0.25, 0.3) is 0 Å². The number of aromatic nitrogens is 1. The summed E-state index contributed by atoms with van der Waals surface area (Å²) >= 11 is 1.68. The highest BCUT2D eigenvalue weighted by molar-refractivity contribution is 7.15. The van der Waals surface area contributed by atoms with E-state index in [1.165, 1.54) is 23.2 Å². The molecule has 1 aliphatic carbocycles. The Morgan fingerprint density at radius 3 is 3.05 bits per heavy atom. The summed E-state index contributed by atoms with van der Waals surface area (Å²) in [6.45, 7) is 3.18. The smallest absolute Gasteiger partial charge is 0.190 e. The molecule has 1 N–H and O–H groups in total. The van der Waals surface area contributed by atoms with Crippen LogP contribution in [0.5, 0.6) is 0 Å². The average Bonchev–Trinajstić information content (AvgIpc) is 2.91. The fourth-order valence-electron chi connectivity index (χ4n) is 3.42. The van der Waals surface area contributed by atoms with Crippen molar-refractivity contribution >= 4 is 22.2 Å². The molecule has 0 bridgehead atoms. The van der Waals surface area contributed by atoms with Crippen LogP contribution in [0.3, 0.4) is 0 Å². The predicted octanol–water partition coefficient (Wildman–Crippen LogP) is 3.91. The van der Waals surface area contributed by atoms with Gasteiger partial charge in [-0.25, -0.2) is 4.98 Å². The number of aliphatic hydroxyl groups is 1. The van der Waals surface area contributed by atoms with Gasteiger partial charge in [0.25, 0.3) is 0 Å². The second kappa shape index (κ2) is 5.11. The normalized spacial score (nSPS) is 21.0. The molecule has 2 aromatic rings. The summed E-state index contributed by atoms with van der Waals surface area (Å²) in [5.74, 6) is 0. The number of fused-ring (bicyclic) bond motifs is 2. The lowest BCUT2D eigenvalue weighted by molar-refractivity contribution is 0.160. The van der Waals surface area contributed by atoms with Crippen molar-refractivity contribution in [2.45, 2.75) is 45.1 Å². The molecule has 1 atom stereocenters. The monoisotopic (exact) mass is 300 g/mol. The van der Waals surface area contributed by atoms with Gasteiger partial charge in [-0.1, -0.05) is 29.0 Å². The maximum absolute atomic E-state index is 10.2. The van der Waals surface area contributed by atoms with E-state index in [1.54, 1.807) is 11.3 Å². The van der Waals surface area contributed by atoms with Crippen molar-refractivity contribution in [3.8, 4) is 0 Å². The molecule has 3 nitrogen and oxygen atoms in total. The van der Waals surface area contributed by atoms with Crippen molar-refractivity contribution in [1.29, 1.82) is 0 Å². The zero-order valence-electron chi connectivity index (χ0n) is 12.3. The lowest BCUT2D eigenvalue weighted by atomic mass is 10.00. The minimum atomic E-state index is -0.303. The summed E-state index contributed by atoms with van der Waals surface area (Å²) in [5, 5.41) is 11.2. The number of aliphatic hydroxyl groups excluding tert-OH is 1. The first-order valence-electron chi connectivity index (χ1n) is 7.77. The third kappa shape index (κ3) is 2.27. The minimum Gasteiger partial charge on any atom is -0.388 e. The average molecular weight is 300 g/mol. The van der Waals surface area contributed by atoms with E-state index in [1.807, 2.05) is 0 Å². The third-order valence-corrected chi connectivity index (χ3v) is 5.72. The Kier molecular flexibility index (Phi) is 3.23. The largest absolute Gasteiger partial charge is 0.388 e. The standard InChI is InChI=1S/C17H20N2OS/c1-11-7-8-14-12(10-11)4-3-9-19(14)17-18-13-5-2-6-15(20)16(13)21-17/h7-8,10,15,20H,2-6,9H2,1H3. The Labute approximate surface area is 129 Å². The molecule has 21 heavy (non-hydrogen) atoms. The van der Waals surface area contributed by atoms with Gasteiger partial charge in [0.2, 0.25) is 0 Å². The van der Waals surface area contributed by atoms with Gasteiger partial charge in [-0.3, -0.25) is 0 Å². The number of benzene rings is 1. The molecule has 0 fully saturated rings. The van der Waals surface area contributed by atoms with E-state index >= 15 is 0 Å². The summed E-state index contributed by atoms with van der Waals surface area (Å²) in [6, 6.07) is 6.70. The van der Waals surface area contributed by atoms with Gasteiger partial charge < -0.3 is 10.0 Å². The molecule has 0 saturated heterocycles. The van der Waals surface area contributed by atoms with E-state index in [2.05, 4.69) is 30.0 Å². The Bertz CT molecular complexity index is 679. The molecule has 1 unspecified atom stereocenters. The van der Waals surface area contributed by atoms with Crippen LogP contribution in [0.1, 0.15) is 47.1 Å². The summed E-state index contributed by atoms with van der Waals surface area (Å²) in [4.78, 5) is 8.26. The van der Waals surface area contributed by atoms with Crippen LogP contribution in [0, 0.1) is 6.92 Å². The zero-order valence-corrected chi connectivity index (χ0v) is 13.1. The maximum Gasteiger partial charge on any atom is 0.190 e. The molecule has 110 valence electrons. The van der Waals surface area contributed by atoms with Crippen molar-refractivity contribution in [3.63, 3.8) is 0 Å². The molecule has 1 aromatic carbocycles. The molecule has 0 saturated carbocycles. The first-order chi connectivity index (χ1) is 10.2. The molecule has 4 rings (SSSR count). The van der Waals surface area contributed by atoms with E-state index in [0.29, 0.717) is 0 Å². The van der Waals surface area contributed by atoms with Crippen LogP contribution < -0.4 is 4.90 Å². The Hall–Kier alpha value is -1.39. The molecule has 2 aliphatic rings. The summed E-state index contributed by atoms with van der Waals surface area (Å²) in [7, 11) is 0. The minimum absolute atomic E-state index is 0.303. The van der Waals surface area contributed by atoms with Crippen molar-refractivity contribution < 1.29 is 5.11 Å². The Morgan fingerprint density at radius 1 is 1.29 bits per heavy atom. The van der Waals surface area contributed by atoms with E-state index in [-0.39, 0.29) is 6.10 Å². The second-order valence-electron chi connectivity index (χ2n) is 6.10. The van der Waals surface area contributed by atoms with Gasteiger partial charge in [-0.05, 0) is 50.7 Å². The van der Waals surface area contributed by atoms with E-state index < -0.39 is 0 Å². The quantitative estimate of drug-likeness (QED) is 0.867. The molecule has 2 heterocycles. The number of hydrogen-bond acceptors (Lipinski definition) is 4. The highest BCUT2D eigenvalue weighted by Gasteiger charge is 2.27. The van der Waals surface area contributed by atoms with Crippen LogP contribution in [-0.2, 0) is 12.8 Å². The summed E-state index contributed by atoms with van der Waals surface area (Å²) in [5.41, 5.74) is 5.17. The lowest BCUT2D eigenvalue weighted by Crippen LogP contribution is -2.24. The Balaban J connectivity index is 1.75. The number of anilines is 2. The molecular weight excluding hydrogens is 280 g/mol. The van der Waals surface area contributed by atoms with Gasteiger partial charge in [0.1, 0.15) is 0 Å². The van der Waals surface area contributed by atoms with Crippen LogP contribution in [0.4, 0.5) is 10.8 Å². The van der Waals surface area contributed by atoms with Crippen LogP contribution in [0.2, 0.25) is 0 Å². The fourth-order valence-corrected chi connectivity index (χ4v) is 4.60. The van der Waals surface area contributed by atoms with Gasteiger partial charge >= 0.3 is 0 Å². The van der Waals surface area contributed by atoms with Crippen molar-refractivity contribution in [1.82, 2.24) is 4.98 Å². The van der Waals surface area contributed by atoms with Crippen LogP contribution in [-0.4, -0.2) is 16.6 Å². The number of rotatable bonds is 1. The molecule has 1 aliphatic heterocycles. The van der Waals surface area contributed by atoms with Gasteiger partial charge in [-0.2, -0.15) is 0 Å². The van der Waals surface area contributed by atoms with Gasteiger partial charge in [0.05, 0.1) is 16.7 Å². The molecular formula is C17H20N2OS. The molecule has 4 heteroatoms. The first kappa shape index (κ1) is 13.3. The van der Waals surface area contributed by atoms with E-state index in [0.717, 1.165) is 47.9 Å². The number of nitrogens with zero attached hydrogens (tertiary/aromatic N) is 2. The molecule has 0 radical (unpaired) electrons. The number of hydrogen-bond donors (Lipinski definition) is 1. The molecule has 1 aromatic heterocycles. The number of aryl methyl sites for hydroxylation is 3. The third-order valence-electron chi connectivity index (χ3n) is 4.49. The second-order valence-corrected chi connectivity index (χ2v) is 7.11. The lowest BCUT2D eigenvalue weighted by Gasteiger charge is -2.29. The van der Waals surface area contributed by atoms with E-state index in [4.69, 9.17) is 4.98 Å². The summed E-state index contributed by atoms with van der Waals surface area (Å²) < 4.78 is 0. The van der Waals surface area contributed by atoms with E-state index in [9.17, 15) is 5.11 Å².